The molecule has 146 valence electrons. The fourth-order valence-corrected chi connectivity index (χ4v) is 4.27. The van der Waals surface area contributed by atoms with Crippen LogP contribution in [0.4, 0.5) is 0 Å². The third-order valence-corrected chi connectivity index (χ3v) is 6.37. The predicted molar refractivity (Wildman–Crippen MR) is 109 cm³/mol. The van der Waals surface area contributed by atoms with Crippen LogP contribution in [-0.4, -0.2) is 39.1 Å². The molecule has 0 aromatic carbocycles. The zero-order valence-electron chi connectivity index (χ0n) is 16.6. The smallest absolute Gasteiger partial charge is 0.252 e. The van der Waals surface area contributed by atoms with Gasteiger partial charge in [0.05, 0.1) is 22.9 Å². The number of hydrogen-bond donors (Lipinski definition) is 2. The van der Waals surface area contributed by atoms with E-state index in [9.17, 15) is 9.90 Å². The van der Waals surface area contributed by atoms with Crippen LogP contribution in [-0.2, 0) is 25.9 Å². The Hall–Kier alpha value is -1.76. The van der Waals surface area contributed by atoms with Crippen LogP contribution in [0.5, 0.6) is 0 Å². The molecular weight excluding hydrogens is 358 g/mol. The first-order valence-electron chi connectivity index (χ1n) is 9.56. The van der Waals surface area contributed by atoms with Crippen LogP contribution in [0.1, 0.15) is 59.8 Å². The molecule has 0 radical (unpaired) electrons. The number of pyridine rings is 1. The van der Waals surface area contributed by atoms with Crippen LogP contribution in [0.15, 0.2) is 23.7 Å². The third-order valence-electron chi connectivity index (χ3n) is 5.36. The Balaban J connectivity index is 1.65. The zero-order valence-corrected chi connectivity index (χ0v) is 17.4. The molecule has 27 heavy (non-hydrogen) atoms. The lowest BCUT2D eigenvalue weighted by atomic mass is 9.99. The van der Waals surface area contributed by atoms with E-state index >= 15 is 0 Å². The van der Waals surface area contributed by atoms with Crippen LogP contribution < -0.4 is 5.32 Å². The van der Waals surface area contributed by atoms with E-state index in [0.29, 0.717) is 0 Å². The number of nitrogens with one attached hydrogen (secondary N) is 1. The average Bonchev–Trinajstić information content (AvgIpc) is 3.05. The van der Waals surface area contributed by atoms with Crippen molar-refractivity contribution in [3.05, 3.63) is 51.0 Å². The number of fused-ring (bicyclic) bond motifs is 1. The van der Waals surface area contributed by atoms with Gasteiger partial charge in [0.2, 0.25) is 0 Å². The van der Waals surface area contributed by atoms with Gasteiger partial charge in [0.1, 0.15) is 0 Å². The van der Waals surface area contributed by atoms with Gasteiger partial charge in [-0.25, -0.2) is 0 Å². The molecule has 5 nitrogen and oxygen atoms in total. The molecule has 0 aliphatic carbocycles. The number of hydrogen-bond acceptors (Lipinski definition) is 5. The Morgan fingerprint density at radius 3 is 2.85 bits per heavy atom. The van der Waals surface area contributed by atoms with Crippen molar-refractivity contribution in [2.75, 3.05) is 6.54 Å². The zero-order chi connectivity index (χ0) is 19.6. The van der Waals surface area contributed by atoms with Crippen molar-refractivity contribution in [1.29, 1.82) is 0 Å². The van der Waals surface area contributed by atoms with Gasteiger partial charge in [0.25, 0.3) is 5.91 Å². The Morgan fingerprint density at radius 1 is 1.44 bits per heavy atom. The number of rotatable bonds is 6. The van der Waals surface area contributed by atoms with Crippen molar-refractivity contribution in [1.82, 2.24) is 15.2 Å². The number of carbonyl (C=O) groups is 1. The Kier molecular flexibility index (Phi) is 5.99. The topological polar surface area (TPSA) is 65.5 Å². The summed E-state index contributed by atoms with van der Waals surface area (Å²) in [7, 11) is 0. The summed E-state index contributed by atoms with van der Waals surface area (Å²) in [6.07, 6.45) is 3.83. The van der Waals surface area contributed by atoms with Crippen molar-refractivity contribution >= 4 is 17.2 Å². The monoisotopic (exact) mass is 387 g/mol. The molecule has 2 aromatic rings. The molecule has 0 saturated heterocycles. The summed E-state index contributed by atoms with van der Waals surface area (Å²) in [4.78, 5) is 20.8. The molecule has 2 aromatic heterocycles. The summed E-state index contributed by atoms with van der Waals surface area (Å²) in [5.41, 5.74) is 3.32. The molecule has 3 rings (SSSR count). The Labute approximate surface area is 165 Å². The van der Waals surface area contributed by atoms with Gasteiger partial charge >= 0.3 is 0 Å². The molecule has 1 aliphatic heterocycles. The summed E-state index contributed by atoms with van der Waals surface area (Å²) in [5.74, 6) is -0.0904. The number of nitrogens with zero attached hydrogens (tertiary/aromatic N) is 2. The van der Waals surface area contributed by atoms with Gasteiger partial charge < -0.3 is 10.4 Å². The Morgan fingerprint density at radius 2 is 2.22 bits per heavy atom. The maximum absolute atomic E-state index is 12.6. The molecule has 1 amide bonds. The van der Waals surface area contributed by atoms with Gasteiger partial charge in [0, 0.05) is 36.1 Å². The minimum atomic E-state index is -0.942. The van der Waals surface area contributed by atoms with Crippen LogP contribution in [0.2, 0.25) is 0 Å². The number of aliphatic hydroxyl groups is 1. The van der Waals surface area contributed by atoms with Gasteiger partial charge in [0.15, 0.2) is 0 Å². The lowest BCUT2D eigenvalue weighted by Crippen LogP contribution is -2.47. The fraction of sp³-hybridized carbons (Fsp3) is 0.524. The number of aromatic nitrogens is 1. The van der Waals surface area contributed by atoms with E-state index in [1.165, 1.54) is 10.4 Å². The van der Waals surface area contributed by atoms with Crippen molar-refractivity contribution in [3.8, 4) is 0 Å². The molecule has 0 bridgehead atoms. The molecular formula is C21H29N3O2S. The molecule has 0 spiro atoms. The summed E-state index contributed by atoms with van der Waals surface area (Å²) < 4.78 is 0. The van der Waals surface area contributed by atoms with Gasteiger partial charge in [-0.3, -0.25) is 14.7 Å². The maximum Gasteiger partial charge on any atom is 0.252 e. The first-order valence-corrected chi connectivity index (χ1v) is 10.4. The van der Waals surface area contributed by atoms with Crippen molar-refractivity contribution < 1.29 is 9.90 Å². The van der Waals surface area contributed by atoms with Crippen LogP contribution in [0.25, 0.3) is 0 Å². The lowest BCUT2D eigenvalue weighted by Gasteiger charge is -2.28. The SMILES string of the molecule is CCc1ccc(CN2CCc3c(C(=O)N[C@@H](C)C(C)(C)O)csc3C2)nc1. The molecule has 3 heterocycles. The molecule has 1 aliphatic rings. The van der Waals surface area contributed by atoms with Crippen molar-refractivity contribution in [2.45, 2.75) is 65.3 Å². The molecule has 0 fully saturated rings. The normalized spacial score (nSPS) is 16.0. The van der Waals surface area contributed by atoms with Crippen LogP contribution >= 0.6 is 11.3 Å². The highest BCUT2D eigenvalue weighted by Gasteiger charge is 2.28. The highest BCUT2D eigenvalue weighted by Crippen LogP contribution is 2.29. The summed E-state index contributed by atoms with van der Waals surface area (Å²) in [5, 5.41) is 14.9. The second-order valence-electron chi connectivity index (χ2n) is 7.87. The quantitative estimate of drug-likeness (QED) is 0.799. The second-order valence-corrected chi connectivity index (χ2v) is 8.84. The standard InChI is InChI=1S/C21H29N3O2S/c1-5-15-6-7-16(22-10-15)11-24-9-8-17-18(13-27-19(17)12-24)20(25)23-14(2)21(3,4)26/h6-7,10,13-14,26H,5,8-9,11-12H2,1-4H3,(H,23,25)/t14-/m0/s1. The van der Waals surface area contributed by atoms with Crippen molar-refractivity contribution in [2.24, 2.45) is 0 Å². The van der Waals surface area contributed by atoms with Gasteiger partial charge in [-0.2, -0.15) is 0 Å². The first-order chi connectivity index (χ1) is 12.8. The molecule has 2 N–H and O–H groups in total. The van der Waals surface area contributed by atoms with E-state index < -0.39 is 5.60 Å². The van der Waals surface area contributed by atoms with E-state index in [2.05, 4.69) is 34.3 Å². The molecule has 0 unspecified atom stereocenters. The minimum Gasteiger partial charge on any atom is -0.388 e. The summed E-state index contributed by atoms with van der Waals surface area (Å²) >= 11 is 1.65. The second kappa shape index (κ2) is 8.09. The highest BCUT2D eigenvalue weighted by atomic mass is 32.1. The molecule has 6 heteroatoms. The van der Waals surface area contributed by atoms with Gasteiger partial charge in [-0.15, -0.1) is 11.3 Å². The number of thiophene rings is 1. The number of aryl methyl sites for hydroxylation is 1. The van der Waals surface area contributed by atoms with E-state index in [-0.39, 0.29) is 11.9 Å². The van der Waals surface area contributed by atoms with E-state index in [1.54, 1.807) is 25.2 Å². The first kappa shape index (κ1) is 20.0. The maximum atomic E-state index is 12.6. The molecule has 1 atom stereocenters. The van der Waals surface area contributed by atoms with Crippen molar-refractivity contribution in [3.63, 3.8) is 0 Å². The highest BCUT2D eigenvalue weighted by molar-refractivity contribution is 7.10. The summed E-state index contributed by atoms with van der Waals surface area (Å²) in [6.45, 7) is 9.98. The largest absolute Gasteiger partial charge is 0.388 e. The van der Waals surface area contributed by atoms with E-state index in [0.717, 1.165) is 49.3 Å². The number of amides is 1. The fourth-order valence-electron chi connectivity index (χ4n) is 3.14. The van der Waals surface area contributed by atoms with E-state index in [4.69, 9.17) is 0 Å². The predicted octanol–water partition coefficient (Wildman–Crippen LogP) is 3.15. The lowest BCUT2D eigenvalue weighted by molar-refractivity contribution is 0.0408. The Bertz CT molecular complexity index is 793. The average molecular weight is 388 g/mol. The van der Waals surface area contributed by atoms with Gasteiger partial charge in [-0.1, -0.05) is 13.0 Å². The number of carbonyl (C=O) groups excluding carboxylic acids is 1. The van der Waals surface area contributed by atoms with Gasteiger partial charge in [-0.05, 0) is 50.8 Å². The molecule has 0 saturated carbocycles. The van der Waals surface area contributed by atoms with Crippen LogP contribution in [0, 0.1) is 0 Å². The minimum absolute atomic E-state index is 0.0904. The third kappa shape index (κ3) is 4.75. The van der Waals surface area contributed by atoms with E-state index in [1.807, 2.05) is 18.5 Å². The summed E-state index contributed by atoms with van der Waals surface area (Å²) in [6, 6.07) is 3.95. The van der Waals surface area contributed by atoms with Crippen LogP contribution in [0.3, 0.4) is 0 Å².